The lowest BCUT2D eigenvalue weighted by atomic mass is 9.77. The van der Waals surface area contributed by atoms with Crippen LogP contribution in [-0.4, -0.2) is 10.2 Å². The minimum Gasteiger partial charge on any atom is -0.508 e. The number of hydrogen-bond acceptors (Lipinski definition) is 3. The SMILES string of the molecule is NC1(c2ccc(CO)c(O)c2)CCCCC1. The van der Waals surface area contributed by atoms with Crippen LogP contribution in [0.3, 0.4) is 0 Å². The molecule has 0 aromatic heterocycles. The first kappa shape index (κ1) is 11.4. The molecule has 2 rings (SSSR count). The summed E-state index contributed by atoms with van der Waals surface area (Å²) in [6, 6.07) is 5.39. The Morgan fingerprint density at radius 3 is 2.44 bits per heavy atom. The van der Waals surface area contributed by atoms with Gasteiger partial charge in [-0.2, -0.15) is 0 Å². The minimum absolute atomic E-state index is 0.135. The Morgan fingerprint density at radius 2 is 1.88 bits per heavy atom. The highest BCUT2D eigenvalue weighted by atomic mass is 16.3. The molecule has 3 heteroatoms. The fourth-order valence-corrected chi connectivity index (χ4v) is 2.48. The van der Waals surface area contributed by atoms with Crippen LogP contribution in [0.4, 0.5) is 0 Å². The first-order chi connectivity index (χ1) is 7.65. The van der Waals surface area contributed by atoms with E-state index in [-0.39, 0.29) is 17.9 Å². The summed E-state index contributed by atoms with van der Waals surface area (Å²) >= 11 is 0. The molecule has 4 N–H and O–H groups in total. The summed E-state index contributed by atoms with van der Waals surface area (Å²) in [5.74, 6) is 0.149. The van der Waals surface area contributed by atoms with E-state index >= 15 is 0 Å². The highest BCUT2D eigenvalue weighted by molar-refractivity contribution is 5.39. The van der Waals surface area contributed by atoms with Crippen LogP contribution in [0.2, 0.25) is 0 Å². The van der Waals surface area contributed by atoms with Crippen molar-refractivity contribution < 1.29 is 10.2 Å². The third kappa shape index (κ3) is 2.06. The van der Waals surface area contributed by atoms with Crippen LogP contribution in [0.25, 0.3) is 0 Å². The Bertz CT molecular complexity index is 370. The number of aliphatic hydroxyl groups excluding tert-OH is 1. The van der Waals surface area contributed by atoms with Crippen LogP contribution < -0.4 is 5.73 Å². The van der Waals surface area contributed by atoms with Crippen molar-refractivity contribution in [2.24, 2.45) is 5.73 Å². The van der Waals surface area contributed by atoms with Gasteiger partial charge in [-0.15, -0.1) is 0 Å². The predicted molar refractivity (Wildman–Crippen MR) is 63.0 cm³/mol. The van der Waals surface area contributed by atoms with E-state index < -0.39 is 0 Å². The summed E-state index contributed by atoms with van der Waals surface area (Å²) in [6.45, 7) is -0.135. The Hall–Kier alpha value is -1.06. The van der Waals surface area contributed by atoms with Crippen molar-refractivity contribution in [2.45, 2.75) is 44.2 Å². The second-order valence-electron chi connectivity index (χ2n) is 4.72. The number of aliphatic hydroxyl groups is 1. The van der Waals surface area contributed by atoms with E-state index in [0.717, 1.165) is 31.2 Å². The largest absolute Gasteiger partial charge is 0.508 e. The number of nitrogens with two attached hydrogens (primary N) is 1. The molecule has 1 fully saturated rings. The molecule has 0 spiro atoms. The molecular formula is C13H19NO2. The van der Waals surface area contributed by atoms with Gasteiger partial charge in [0.1, 0.15) is 5.75 Å². The molecule has 1 aliphatic rings. The molecule has 0 saturated heterocycles. The van der Waals surface area contributed by atoms with Gasteiger partial charge in [-0.3, -0.25) is 0 Å². The molecule has 0 bridgehead atoms. The average molecular weight is 221 g/mol. The smallest absolute Gasteiger partial charge is 0.121 e. The van der Waals surface area contributed by atoms with E-state index in [1.807, 2.05) is 6.07 Å². The highest BCUT2D eigenvalue weighted by Crippen LogP contribution is 2.36. The number of benzene rings is 1. The molecule has 88 valence electrons. The van der Waals surface area contributed by atoms with Crippen molar-refractivity contribution in [1.29, 1.82) is 0 Å². The van der Waals surface area contributed by atoms with Gasteiger partial charge >= 0.3 is 0 Å². The fraction of sp³-hybridized carbons (Fsp3) is 0.538. The van der Waals surface area contributed by atoms with Crippen LogP contribution in [-0.2, 0) is 12.1 Å². The van der Waals surface area contributed by atoms with Gasteiger partial charge in [0.25, 0.3) is 0 Å². The van der Waals surface area contributed by atoms with Gasteiger partial charge in [0, 0.05) is 11.1 Å². The molecule has 1 aromatic carbocycles. The molecular weight excluding hydrogens is 202 g/mol. The summed E-state index contributed by atoms with van der Waals surface area (Å²) in [5.41, 5.74) is 7.63. The van der Waals surface area contributed by atoms with E-state index in [9.17, 15) is 5.11 Å². The fourth-order valence-electron chi connectivity index (χ4n) is 2.48. The summed E-state index contributed by atoms with van der Waals surface area (Å²) < 4.78 is 0. The maximum Gasteiger partial charge on any atom is 0.121 e. The van der Waals surface area contributed by atoms with Gasteiger partial charge in [0.05, 0.1) is 6.61 Å². The molecule has 0 unspecified atom stereocenters. The molecule has 1 aromatic rings. The number of rotatable bonds is 2. The second-order valence-corrected chi connectivity index (χ2v) is 4.72. The normalized spacial score (nSPS) is 19.6. The number of hydrogen-bond donors (Lipinski definition) is 3. The monoisotopic (exact) mass is 221 g/mol. The van der Waals surface area contributed by atoms with Gasteiger partial charge in [-0.05, 0) is 24.5 Å². The third-order valence-corrected chi connectivity index (χ3v) is 3.58. The van der Waals surface area contributed by atoms with Crippen LogP contribution in [0.1, 0.15) is 43.2 Å². The first-order valence-electron chi connectivity index (χ1n) is 5.88. The van der Waals surface area contributed by atoms with Crippen molar-refractivity contribution in [2.75, 3.05) is 0 Å². The Kier molecular flexibility index (Phi) is 3.17. The minimum atomic E-state index is -0.288. The molecule has 0 aliphatic heterocycles. The maximum atomic E-state index is 9.72. The molecule has 0 atom stereocenters. The predicted octanol–water partition coefficient (Wildman–Crippen LogP) is 2.00. The molecule has 1 aliphatic carbocycles. The lowest BCUT2D eigenvalue weighted by Gasteiger charge is -2.34. The van der Waals surface area contributed by atoms with Gasteiger partial charge in [0.2, 0.25) is 0 Å². The summed E-state index contributed by atoms with van der Waals surface area (Å²) in [5, 5.41) is 18.7. The topological polar surface area (TPSA) is 66.5 Å². The lowest BCUT2D eigenvalue weighted by molar-refractivity contribution is 0.274. The van der Waals surface area contributed by atoms with E-state index in [2.05, 4.69) is 0 Å². The van der Waals surface area contributed by atoms with E-state index in [0.29, 0.717) is 5.56 Å². The van der Waals surface area contributed by atoms with Crippen molar-refractivity contribution in [3.63, 3.8) is 0 Å². The Morgan fingerprint density at radius 1 is 1.19 bits per heavy atom. The second kappa shape index (κ2) is 4.44. The molecule has 0 radical (unpaired) electrons. The number of phenols is 1. The quantitative estimate of drug-likeness (QED) is 0.715. The van der Waals surface area contributed by atoms with E-state index in [1.54, 1.807) is 12.1 Å². The van der Waals surface area contributed by atoms with Crippen LogP contribution in [0.15, 0.2) is 18.2 Å². The zero-order chi connectivity index (χ0) is 11.6. The van der Waals surface area contributed by atoms with E-state index in [1.165, 1.54) is 6.42 Å². The Labute approximate surface area is 95.9 Å². The molecule has 0 heterocycles. The molecule has 3 nitrogen and oxygen atoms in total. The first-order valence-corrected chi connectivity index (χ1v) is 5.88. The van der Waals surface area contributed by atoms with E-state index in [4.69, 9.17) is 10.8 Å². The highest BCUT2D eigenvalue weighted by Gasteiger charge is 2.29. The van der Waals surface area contributed by atoms with Gasteiger partial charge in [0.15, 0.2) is 0 Å². The lowest BCUT2D eigenvalue weighted by Crippen LogP contribution is -2.38. The van der Waals surface area contributed by atoms with Crippen LogP contribution >= 0.6 is 0 Å². The molecule has 0 amide bonds. The van der Waals surface area contributed by atoms with Crippen molar-refractivity contribution in [3.8, 4) is 5.75 Å². The summed E-state index contributed by atoms with van der Waals surface area (Å²) in [4.78, 5) is 0. The van der Waals surface area contributed by atoms with Crippen molar-refractivity contribution in [3.05, 3.63) is 29.3 Å². The molecule has 1 saturated carbocycles. The van der Waals surface area contributed by atoms with Gasteiger partial charge in [-0.25, -0.2) is 0 Å². The van der Waals surface area contributed by atoms with Gasteiger partial charge < -0.3 is 15.9 Å². The zero-order valence-corrected chi connectivity index (χ0v) is 9.45. The average Bonchev–Trinajstić information content (AvgIpc) is 2.30. The van der Waals surface area contributed by atoms with Crippen molar-refractivity contribution >= 4 is 0 Å². The van der Waals surface area contributed by atoms with Gasteiger partial charge in [-0.1, -0.05) is 31.4 Å². The zero-order valence-electron chi connectivity index (χ0n) is 9.45. The maximum absolute atomic E-state index is 9.72. The van der Waals surface area contributed by atoms with Crippen LogP contribution in [0.5, 0.6) is 5.75 Å². The van der Waals surface area contributed by atoms with Crippen LogP contribution in [0, 0.1) is 0 Å². The third-order valence-electron chi connectivity index (χ3n) is 3.58. The number of aromatic hydroxyl groups is 1. The summed E-state index contributed by atoms with van der Waals surface area (Å²) in [6.07, 6.45) is 5.51. The Balaban J connectivity index is 2.29. The standard InChI is InChI=1S/C13H19NO2/c14-13(6-2-1-3-7-13)11-5-4-10(9-15)12(16)8-11/h4-5,8,15-16H,1-3,6-7,9,14H2. The molecule has 16 heavy (non-hydrogen) atoms. The summed E-state index contributed by atoms with van der Waals surface area (Å²) in [7, 11) is 0. The van der Waals surface area contributed by atoms with Crippen molar-refractivity contribution in [1.82, 2.24) is 0 Å².